The zero-order valence-corrected chi connectivity index (χ0v) is 18.7. The number of nitrogens with one attached hydrogen (secondary N) is 2. The quantitative estimate of drug-likeness (QED) is 0.407. The number of para-hydroxylation sites is 1. The number of ether oxygens (including phenoxy) is 1. The molecule has 162 valence electrons. The second-order valence-electron chi connectivity index (χ2n) is 8.32. The van der Waals surface area contributed by atoms with Crippen LogP contribution >= 0.6 is 11.3 Å². The first kappa shape index (κ1) is 20.3. The normalized spacial score (nSPS) is 18.2. The predicted molar refractivity (Wildman–Crippen MR) is 128 cm³/mol. The third-order valence-corrected chi connectivity index (χ3v) is 7.14. The van der Waals surface area contributed by atoms with E-state index < -0.39 is 6.10 Å². The number of benzene rings is 2. The molecule has 5 rings (SSSR count). The van der Waals surface area contributed by atoms with Crippen LogP contribution in [0.4, 0.5) is 16.5 Å². The Kier molecular flexibility index (Phi) is 5.83. The van der Waals surface area contributed by atoms with Crippen molar-refractivity contribution >= 4 is 27.8 Å². The lowest BCUT2D eigenvalue weighted by molar-refractivity contribution is 0.122. The van der Waals surface area contributed by atoms with Gasteiger partial charge in [-0.15, -0.1) is 11.3 Å². The van der Waals surface area contributed by atoms with E-state index >= 15 is 0 Å². The minimum absolute atomic E-state index is 0.272. The van der Waals surface area contributed by atoms with Crippen LogP contribution < -0.4 is 15.4 Å². The highest BCUT2D eigenvalue weighted by molar-refractivity contribution is 7.15. The van der Waals surface area contributed by atoms with E-state index in [1.165, 1.54) is 11.3 Å². The fourth-order valence-electron chi connectivity index (χ4n) is 4.18. The Bertz CT molecular complexity index is 1040. The van der Waals surface area contributed by atoms with E-state index in [0.717, 1.165) is 77.7 Å². The number of aliphatic hydroxyl groups excluding tert-OH is 1. The van der Waals surface area contributed by atoms with Crippen molar-refractivity contribution in [3.63, 3.8) is 0 Å². The number of aromatic nitrogens is 1. The van der Waals surface area contributed by atoms with E-state index in [0.29, 0.717) is 0 Å². The Balaban J connectivity index is 1.48. The number of aliphatic hydroxyl groups is 1. The third kappa shape index (κ3) is 4.27. The fourth-order valence-corrected chi connectivity index (χ4v) is 5.25. The zero-order chi connectivity index (χ0) is 21.2. The van der Waals surface area contributed by atoms with E-state index in [4.69, 9.17) is 9.72 Å². The van der Waals surface area contributed by atoms with E-state index in [-0.39, 0.29) is 6.10 Å². The van der Waals surface area contributed by atoms with E-state index in [2.05, 4.69) is 60.0 Å². The molecule has 1 saturated carbocycles. The SMILES string of the molecule is CCNc1ccc(-c2cccc(Nc3nc4c(s3)CCCC4O)c2OC2CCC2)cc1. The molecule has 2 aliphatic rings. The van der Waals surface area contributed by atoms with Crippen LogP contribution in [0.5, 0.6) is 5.75 Å². The van der Waals surface area contributed by atoms with Gasteiger partial charge in [0.1, 0.15) is 0 Å². The van der Waals surface area contributed by atoms with E-state index in [1.807, 2.05) is 0 Å². The molecule has 0 bridgehead atoms. The van der Waals surface area contributed by atoms with Gasteiger partial charge in [-0.2, -0.15) is 0 Å². The number of hydrogen-bond acceptors (Lipinski definition) is 6. The molecule has 0 aliphatic heterocycles. The lowest BCUT2D eigenvalue weighted by atomic mass is 9.95. The number of aryl methyl sites for hydroxylation is 1. The maximum absolute atomic E-state index is 10.3. The number of fused-ring (bicyclic) bond motifs is 1. The Hall–Kier alpha value is -2.57. The van der Waals surface area contributed by atoms with Gasteiger partial charge in [-0.05, 0) is 69.2 Å². The monoisotopic (exact) mass is 435 g/mol. The minimum atomic E-state index is -0.442. The van der Waals surface area contributed by atoms with Crippen molar-refractivity contribution in [1.82, 2.24) is 4.98 Å². The number of anilines is 3. The maximum atomic E-state index is 10.3. The molecule has 0 amide bonds. The summed E-state index contributed by atoms with van der Waals surface area (Å²) >= 11 is 1.64. The van der Waals surface area contributed by atoms with Gasteiger partial charge in [0.2, 0.25) is 0 Å². The molecule has 3 aromatic rings. The molecule has 2 aliphatic carbocycles. The van der Waals surface area contributed by atoms with Crippen molar-refractivity contribution < 1.29 is 9.84 Å². The average Bonchev–Trinajstić information content (AvgIpc) is 3.16. The standard InChI is InChI=1S/C25H29N3O2S/c1-2-26-17-14-12-16(13-15-17)19-8-4-9-20(24(19)30-18-6-3-7-18)27-25-28-23-21(29)10-5-11-22(23)31-25/h4,8-9,12-15,18,21,26,29H,2-3,5-7,10-11H2,1H3,(H,27,28). The zero-order valence-electron chi connectivity index (χ0n) is 17.9. The summed E-state index contributed by atoms with van der Waals surface area (Å²) in [6.07, 6.45) is 6.07. The molecule has 31 heavy (non-hydrogen) atoms. The molecule has 0 saturated heterocycles. The van der Waals surface area contributed by atoms with Crippen LogP contribution in [0.2, 0.25) is 0 Å². The lowest BCUT2D eigenvalue weighted by Crippen LogP contribution is -2.25. The molecule has 1 fully saturated rings. The largest absolute Gasteiger partial charge is 0.488 e. The van der Waals surface area contributed by atoms with E-state index in [1.54, 1.807) is 11.3 Å². The van der Waals surface area contributed by atoms with Crippen LogP contribution in [0.1, 0.15) is 55.7 Å². The van der Waals surface area contributed by atoms with Crippen molar-refractivity contribution in [3.05, 3.63) is 53.0 Å². The summed E-state index contributed by atoms with van der Waals surface area (Å²) in [7, 11) is 0. The van der Waals surface area contributed by atoms with Crippen molar-refractivity contribution in [2.24, 2.45) is 0 Å². The lowest BCUT2D eigenvalue weighted by Gasteiger charge is -2.29. The Morgan fingerprint density at radius 2 is 1.94 bits per heavy atom. The minimum Gasteiger partial charge on any atom is -0.488 e. The van der Waals surface area contributed by atoms with Gasteiger partial charge in [0, 0.05) is 22.7 Å². The van der Waals surface area contributed by atoms with Crippen LogP contribution in [0.15, 0.2) is 42.5 Å². The highest BCUT2D eigenvalue weighted by Crippen LogP contribution is 2.42. The maximum Gasteiger partial charge on any atom is 0.187 e. The first-order valence-electron chi connectivity index (χ1n) is 11.3. The van der Waals surface area contributed by atoms with Gasteiger partial charge in [-0.25, -0.2) is 4.98 Å². The van der Waals surface area contributed by atoms with Gasteiger partial charge in [-0.1, -0.05) is 24.3 Å². The van der Waals surface area contributed by atoms with Gasteiger partial charge >= 0.3 is 0 Å². The third-order valence-electron chi connectivity index (χ3n) is 6.09. The molecule has 6 heteroatoms. The first-order valence-corrected chi connectivity index (χ1v) is 12.1. The molecule has 2 aromatic carbocycles. The number of rotatable bonds is 7. The van der Waals surface area contributed by atoms with Crippen LogP contribution in [-0.2, 0) is 6.42 Å². The summed E-state index contributed by atoms with van der Waals surface area (Å²) in [5.41, 5.74) is 5.11. The molecular weight excluding hydrogens is 406 g/mol. The summed E-state index contributed by atoms with van der Waals surface area (Å²) in [6, 6.07) is 14.8. The molecule has 5 nitrogen and oxygen atoms in total. The fraction of sp³-hybridized carbons (Fsp3) is 0.400. The molecular formula is C25H29N3O2S. The predicted octanol–water partition coefficient (Wildman–Crippen LogP) is 6.29. The number of hydrogen-bond donors (Lipinski definition) is 3. The second kappa shape index (κ2) is 8.89. The smallest absolute Gasteiger partial charge is 0.187 e. The average molecular weight is 436 g/mol. The molecule has 1 aromatic heterocycles. The van der Waals surface area contributed by atoms with Crippen molar-refractivity contribution in [1.29, 1.82) is 0 Å². The topological polar surface area (TPSA) is 66.4 Å². The van der Waals surface area contributed by atoms with E-state index in [9.17, 15) is 5.11 Å². The van der Waals surface area contributed by atoms with Crippen LogP contribution in [0, 0.1) is 0 Å². The van der Waals surface area contributed by atoms with Gasteiger partial charge in [0.25, 0.3) is 0 Å². The summed E-state index contributed by atoms with van der Waals surface area (Å²) < 4.78 is 6.49. The highest BCUT2D eigenvalue weighted by Gasteiger charge is 2.25. The van der Waals surface area contributed by atoms with Crippen LogP contribution in [-0.4, -0.2) is 22.7 Å². The van der Waals surface area contributed by atoms with Gasteiger partial charge < -0.3 is 20.5 Å². The number of thiazole rings is 1. The second-order valence-corrected chi connectivity index (χ2v) is 9.40. The molecule has 0 radical (unpaired) electrons. The molecule has 1 heterocycles. The van der Waals surface area contributed by atoms with Gasteiger partial charge in [0.05, 0.1) is 23.6 Å². The van der Waals surface area contributed by atoms with Gasteiger partial charge in [-0.3, -0.25) is 0 Å². The van der Waals surface area contributed by atoms with Crippen LogP contribution in [0.3, 0.4) is 0 Å². The van der Waals surface area contributed by atoms with Crippen molar-refractivity contribution in [2.75, 3.05) is 17.2 Å². The number of nitrogens with zero attached hydrogens (tertiary/aromatic N) is 1. The first-order chi connectivity index (χ1) is 15.2. The molecule has 3 N–H and O–H groups in total. The molecule has 0 spiro atoms. The Labute approximate surface area is 187 Å². The molecule has 1 unspecified atom stereocenters. The Morgan fingerprint density at radius 3 is 2.65 bits per heavy atom. The van der Waals surface area contributed by atoms with Gasteiger partial charge in [0.15, 0.2) is 10.9 Å². The summed E-state index contributed by atoms with van der Waals surface area (Å²) in [6.45, 7) is 3.00. The van der Waals surface area contributed by atoms with Crippen molar-refractivity contribution in [3.8, 4) is 16.9 Å². The van der Waals surface area contributed by atoms with Crippen molar-refractivity contribution in [2.45, 2.75) is 57.7 Å². The summed E-state index contributed by atoms with van der Waals surface area (Å²) in [5, 5.41) is 18.0. The summed E-state index contributed by atoms with van der Waals surface area (Å²) in [4.78, 5) is 5.90. The highest BCUT2D eigenvalue weighted by atomic mass is 32.1. The summed E-state index contributed by atoms with van der Waals surface area (Å²) in [5.74, 6) is 0.886. The van der Waals surface area contributed by atoms with Crippen LogP contribution in [0.25, 0.3) is 11.1 Å². The Morgan fingerprint density at radius 1 is 1.10 bits per heavy atom. The molecule has 1 atom stereocenters.